The minimum absolute atomic E-state index is 0.0272. The molecule has 0 radical (unpaired) electrons. The van der Waals surface area contributed by atoms with E-state index in [1.807, 2.05) is 31.0 Å². The first kappa shape index (κ1) is 15.4. The number of aryl methyl sites for hydroxylation is 2. The fourth-order valence-corrected chi connectivity index (χ4v) is 3.65. The summed E-state index contributed by atoms with van der Waals surface area (Å²) in [4.78, 5) is 14.2. The molecule has 0 N–H and O–H groups in total. The summed E-state index contributed by atoms with van der Waals surface area (Å²) in [7, 11) is 1.90. The van der Waals surface area contributed by atoms with E-state index in [0.717, 1.165) is 11.3 Å². The van der Waals surface area contributed by atoms with Gasteiger partial charge in [-0.15, -0.1) is 11.3 Å². The lowest BCUT2D eigenvalue weighted by molar-refractivity contribution is 0.100. The molecule has 5 heteroatoms. The van der Waals surface area contributed by atoms with Gasteiger partial charge in [0.2, 0.25) is 0 Å². The molecular weight excluding hydrogens is 313 g/mol. The summed E-state index contributed by atoms with van der Waals surface area (Å²) >= 11 is 13.1. The molecule has 20 heavy (non-hydrogen) atoms. The highest BCUT2D eigenvalue weighted by Gasteiger charge is 2.17. The van der Waals surface area contributed by atoms with Crippen LogP contribution < -0.4 is 4.90 Å². The zero-order valence-electron chi connectivity index (χ0n) is 11.5. The van der Waals surface area contributed by atoms with Crippen LogP contribution in [0, 0.1) is 13.8 Å². The van der Waals surface area contributed by atoms with Gasteiger partial charge < -0.3 is 4.90 Å². The van der Waals surface area contributed by atoms with Gasteiger partial charge >= 0.3 is 0 Å². The van der Waals surface area contributed by atoms with Crippen molar-refractivity contribution >= 4 is 46.0 Å². The number of likely N-dealkylation sites (N-methyl/N-ethyl adjacent to an activating group) is 1. The Bertz CT molecular complexity index is 651. The van der Waals surface area contributed by atoms with Crippen LogP contribution in [-0.2, 0) is 0 Å². The van der Waals surface area contributed by atoms with Crippen molar-refractivity contribution in [2.45, 2.75) is 13.8 Å². The van der Waals surface area contributed by atoms with Crippen LogP contribution in [0.15, 0.2) is 24.3 Å². The Morgan fingerprint density at radius 3 is 2.50 bits per heavy atom. The van der Waals surface area contributed by atoms with Crippen LogP contribution in [0.4, 0.5) is 5.69 Å². The van der Waals surface area contributed by atoms with Crippen molar-refractivity contribution < 1.29 is 4.79 Å². The van der Waals surface area contributed by atoms with Crippen molar-refractivity contribution in [3.8, 4) is 0 Å². The molecule has 1 heterocycles. The van der Waals surface area contributed by atoms with E-state index in [1.54, 1.807) is 6.07 Å². The van der Waals surface area contributed by atoms with Crippen LogP contribution in [0.3, 0.4) is 0 Å². The number of ketones is 1. The molecule has 0 amide bonds. The summed E-state index contributed by atoms with van der Waals surface area (Å²) in [5.74, 6) is -0.0272. The zero-order valence-corrected chi connectivity index (χ0v) is 13.9. The molecule has 2 nitrogen and oxygen atoms in total. The highest BCUT2D eigenvalue weighted by molar-refractivity contribution is 7.20. The number of carbonyl (C=O) groups excluding carboxylic acids is 1. The number of nitrogens with zero attached hydrogens (tertiary/aromatic N) is 1. The molecule has 1 aromatic carbocycles. The van der Waals surface area contributed by atoms with E-state index in [1.165, 1.54) is 16.9 Å². The van der Waals surface area contributed by atoms with Gasteiger partial charge in [-0.3, -0.25) is 4.79 Å². The van der Waals surface area contributed by atoms with Crippen LogP contribution in [0.1, 0.15) is 21.5 Å². The van der Waals surface area contributed by atoms with E-state index in [-0.39, 0.29) is 12.3 Å². The summed E-state index contributed by atoms with van der Waals surface area (Å²) < 4.78 is 0.988. The van der Waals surface area contributed by atoms with E-state index in [0.29, 0.717) is 14.2 Å². The average Bonchev–Trinajstić information content (AvgIpc) is 2.68. The summed E-state index contributed by atoms with van der Waals surface area (Å²) in [6.07, 6.45) is 0. The number of Topliss-reactive ketones (excluding diaryl/α,β-unsaturated/α-hetero) is 1. The van der Waals surface area contributed by atoms with Gasteiger partial charge in [-0.2, -0.15) is 0 Å². The largest absolute Gasteiger partial charge is 0.367 e. The zero-order chi connectivity index (χ0) is 14.9. The third kappa shape index (κ3) is 3.35. The standard InChI is InChI=1S/C15H15Cl2NOS/c1-9-4-5-12(10(2)6-9)18(3)8-13(19)11-7-14(16)20-15(11)17/h4-7H,8H2,1-3H3. The second-order valence-corrected chi connectivity index (χ2v) is 7.09. The molecule has 0 aliphatic carbocycles. The number of rotatable bonds is 4. The van der Waals surface area contributed by atoms with Crippen LogP contribution in [-0.4, -0.2) is 19.4 Å². The number of benzene rings is 1. The molecule has 0 aliphatic heterocycles. The maximum Gasteiger partial charge on any atom is 0.184 e. The lowest BCUT2D eigenvalue weighted by atomic mass is 10.1. The van der Waals surface area contributed by atoms with E-state index < -0.39 is 0 Å². The average molecular weight is 328 g/mol. The number of halogens is 2. The molecule has 0 aliphatic rings. The number of thiophene rings is 1. The van der Waals surface area contributed by atoms with E-state index in [2.05, 4.69) is 13.0 Å². The Morgan fingerprint density at radius 2 is 1.95 bits per heavy atom. The van der Waals surface area contributed by atoms with E-state index in [4.69, 9.17) is 23.2 Å². The van der Waals surface area contributed by atoms with Crippen LogP contribution in [0.25, 0.3) is 0 Å². The molecule has 0 saturated heterocycles. The third-order valence-electron chi connectivity index (χ3n) is 3.10. The molecule has 2 aromatic rings. The summed E-state index contributed by atoms with van der Waals surface area (Å²) in [6, 6.07) is 7.80. The summed E-state index contributed by atoms with van der Waals surface area (Å²) in [6.45, 7) is 4.36. The molecule has 0 bridgehead atoms. The molecule has 0 saturated carbocycles. The Kier molecular flexibility index (Phi) is 4.74. The SMILES string of the molecule is Cc1ccc(N(C)CC(=O)c2cc(Cl)sc2Cl)c(C)c1. The van der Waals surface area contributed by atoms with Gasteiger partial charge in [0.05, 0.1) is 16.4 Å². The van der Waals surface area contributed by atoms with E-state index in [9.17, 15) is 4.79 Å². The highest BCUT2D eigenvalue weighted by Crippen LogP contribution is 2.31. The lowest BCUT2D eigenvalue weighted by Gasteiger charge is -2.20. The van der Waals surface area contributed by atoms with Crippen molar-refractivity contribution in [3.63, 3.8) is 0 Å². The van der Waals surface area contributed by atoms with E-state index >= 15 is 0 Å². The number of anilines is 1. The Hall–Kier alpha value is -1.03. The molecule has 0 unspecified atom stereocenters. The van der Waals surface area contributed by atoms with Gasteiger partial charge in [-0.05, 0) is 31.5 Å². The predicted octanol–water partition coefficient (Wildman–Crippen LogP) is 4.99. The normalized spacial score (nSPS) is 10.7. The van der Waals surface area contributed by atoms with Gasteiger partial charge in [-0.25, -0.2) is 0 Å². The minimum atomic E-state index is -0.0272. The second kappa shape index (κ2) is 6.17. The molecular formula is C15H15Cl2NOS. The maximum absolute atomic E-state index is 12.3. The van der Waals surface area contributed by atoms with Crippen molar-refractivity contribution in [1.29, 1.82) is 0 Å². The van der Waals surface area contributed by atoms with Gasteiger partial charge in [0.1, 0.15) is 4.34 Å². The van der Waals surface area contributed by atoms with Gasteiger partial charge in [0.25, 0.3) is 0 Å². The van der Waals surface area contributed by atoms with Crippen molar-refractivity contribution in [3.05, 3.63) is 49.6 Å². The van der Waals surface area contributed by atoms with Crippen molar-refractivity contribution in [1.82, 2.24) is 0 Å². The molecule has 2 rings (SSSR count). The number of hydrogen-bond donors (Lipinski definition) is 0. The lowest BCUT2D eigenvalue weighted by Crippen LogP contribution is -2.26. The van der Waals surface area contributed by atoms with Crippen LogP contribution in [0.2, 0.25) is 8.67 Å². The smallest absolute Gasteiger partial charge is 0.184 e. The first-order chi connectivity index (χ1) is 9.38. The fraction of sp³-hybridized carbons (Fsp3) is 0.267. The summed E-state index contributed by atoms with van der Waals surface area (Å²) in [5, 5.41) is 0. The van der Waals surface area contributed by atoms with Crippen LogP contribution >= 0.6 is 34.5 Å². The fourth-order valence-electron chi connectivity index (χ4n) is 2.15. The molecule has 106 valence electrons. The first-order valence-electron chi connectivity index (χ1n) is 6.15. The minimum Gasteiger partial charge on any atom is -0.367 e. The number of carbonyl (C=O) groups is 1. The molecule has 1 aromatic heterocycles. The van der Waals surface area contributed by atoms with Gasteiger partial charge in [-0.1, -0.05) is 40.9 Å². The molecule has 0 fully saturated rings. The topological polar surface area (TPSA) is 20.3 Å². The predicted molar refractivity (Wildman–Crippen MR) is 87.9 cm³/mol. The Labute approximate surface area is 132 Å². The van der Waals surface area contributed by atoms with Crippen LogP contribution in [0.5, 0.6) is 0 Å². The van der Waals surface area contributed by atoms with Crippen molar-refractivity contribution in [2.24, 2.45) is 0 Å². The summed E-state index contributed by atoms with van der Waals surface area (Å²) in [5.41, 5.74) is 3.90. The Balaban J connectivity index is 2.17. The monoisotopic (exact) mass is 327 g/mol. The van der Waals surface area contributed by atoms with Gasteiger partial charge in [0, 0.05) is 12.7 Å². The Morgan fingerprint density at radius 1 is 1.25 bits per heavy atom. The first-order valence-corrected chi connectivity index (χ1v) is 7.72. The third-order valence-corrected chi connectivity index (χ3v) is 4.59. The maximum atomic E-state index is 12.3. The molecule has 0 atom stereocenters. The van der Waals surface area contributed by atoms with Crippen molar-refractivity contribution in [2.75, 3.05) is 18.5 Å². The second-order valence-electron chi connectivity index (χ2n) is 4.81. The quantitative estimate of drug-likeness (QED) is 0.737. The van der Waals surface area contributed by atoms with Gasteiger partial charge in [0.15, 0.2) is 5.78 Å². The number of hydrogen-bond acceptors (Lipinski definition) is 3. The molecule has 0 spiro atoms. The highest BCUT2D eigenvalue weighted by atomic mass is 35.5.